The highest BCUT2D eigenvalue weighted by Gasteiger charge is 2.30. The van der Waals surface area contributed by atoms with Crippen molar-refractivity contribution in [3.05, 3.63) is 46.5 Å². The van der Waals surface area contributed by atoms with Gasteiger partial charge in [0.1, 0.15) is 18.2 Å². The number of anilines is 2. The van der Waals surface area contributed by atoms with E-state index in [1.165, 1.54) is 32.5 Å². The normalized spacial score (nSPS) is 14.8. The number of halogens is 3. The molecule has 1 aromatic heterocycles. The van der Waals surface area contributed by atoms with Gasteiger partial charge >= 0.3 is 0 Å². The molecular formula is C31H39Cl2FN4O6S. The van der Waals surface area contributed by atoms with Crippen molar-refractivity contribution in [3.8, 4) is 11.5 Å². The van der Waals surface area contributed by atoms with Gasteiger partial charge in [-0.2, -0.15) is 8.42 Å². The van der Waals surface area contributed by atoms with Gasteiger partial charge in [0.25, 0.3) is 16.0 Å². The van der Waals surface area contributed by atoms with E-state index >= 15 is 0 Å². The first-order valence-corrected chi connectivity index (χ1v) is 17.5. The van der Waals surface area contributed by atoms with Crippen LogP contribution in [0.25, 0.3) is 10.9 Å². The Morgan fingerprint density at radius 2 is 1.80 bits per heavy atom. The van der Waals surface area contributed by atoms with Crippen LogP contribution in [0, 0.1) is 5.82 Å². The van der Waals surface area contributed by atoms with Crippen molar-refractivity contribution in [2.24, 2.45) is 0 Å². The summed E-state index contributed by atoms with van der Waals surface area (Å²) in [5, 5.41) is 3.40. The van der Waals surface area contributed by atoms with Crippen molar-refractivity contribution in [2.45, 2.75) is 77.4 Å². The summed E-state index contributed by atoms with van der Waals surface area (Å²) in [5.41, 5.74) is 0.631. The summed E-state index contributed by atoms with van der Waals surface area (Å²) in [5.74, 6) is 0.0302. The van der Waals surface area contributed by atoms with Crippen molar-refractivity contribution in [3.63, 3.8) is 0 Å². The molecule has 1 amide bonds. The topological polar surface area (TPSA) is 120 Å². The lowest BCUT2D eigenvalue weighted by atomic mass is 10.1. The Morgan fingerprint density at radius 3 is 2.51 bits per heavy atom. The third-order valence-corrected chi connectivity index (χ3v) is 9.79. The largest absolute Gasteiger partial charge is 0.493 e. The maximum Gasteiger partial charge on any atom is 0.268 e. The first kappa shape index (κ1) is 34.9. The number of nitrogens with zero attached hydrogens (tertiary/aromatic N) is 3. The van der Waals surface area contributed by atoms with Gasteiger partial charge in [-0.25, -0.2) is 14.4 Å². The molecule has 0 bridgehead atoms. The number of hydrogen-bond donors (Lipinski definition) is 1. The highest BCUT2D eigenvalue weighted by atomic mass is 35.5. The maximum absolute atomic E-state index is 14.7. The van der Waals surface area contributed by atoms with Gasteiger partial charge in [-0.15, -0.1) is 0 Å². The van der Waals surface area contributed by atoms with Gasteiger partial charge in [-0.05, 0) is 31.5 Å². The molecular weight excluding hydrogens is 646 g/mol. The number of nitrogens with one attached hydrogen (secondary N) is 1. The molecule has 1 aliphatic heterocycles. The SMILES string of the molecule is CCCCCCCCS(=O)(=O)O[C@H](C)C(=O)N1CCC(Oc2cc3c(Nc4ccc(Cl)c(Cl)c4F)ncnc3cc2OC)CC1. The summed E-state index contributed by atoms with van der Waals surface area (Å²) in [7, 11) is -2.28. The van der Waals surface area contributed by atoms with Crippen LogP contribution in [0.5, 0.6) is 11.5 Å². The van der Waals surface area contributed by atoms with Crippen LogP contribution in [-0.4, -0.2) is 67.4 Å². The van der Waals surface area contributed by atoms with Crippen LogP contribution >= 0.6 is 23.2 Å². The first-order valence-electron chi connectivity index (χ1n) is 15.1. The molecule has 1 aliphatic rings. The second-order valence-electron chi connectivity index (χ2n) is 11.0. The average Bonchev–Trinajstić information content (AvgIpc) is 3.02. The smallest absolute Gasteiger partial charge is 0.268 e. The number of carbonyl (C=O) groups is 1. The Morgan fingerprint density at radius 1 is 1.09 bits per heavy atom. The van der Waals surface area contributed by atoms with Gasteiger partial charge in [0.15, 0.2) is 23.4 Å². The Balaban J connectivity index is 1.37. The quantitative estimate of drug-likeness (QED) is 0.0999. The summed E-state index contributed by atoms with van der Waals surface area (Å²) in [4.78, 5) is 23.2. The van der Waals surface area contributed by atoms with Gasteiger partial charge in [0, 0.05) is 37.4 Å². The second-order valence-corrected chi connectivity index (χ2v) is 13.5. The minimum Gasteiger partial charge on any atom is -0.493 e. The van der Waals surface area contributed by atoms with Crippen LogP contribution in [0.15, 0.2) is 30.6 Å². The van der Waals surface area contributed by atoms with E-state index in [4.69, 9.17) is 36.9 Å². The Kier molecular flexibility index (Phi) is 12.5. The highest BCUT2D eigenvalue weighted by Crippen LogP contribution is 2.37. The maximum atomic E-state index is 14.7. The number of hydrogen-bond acceptors (Lipinski definition) is 9. The molecule has 1 saturated heterocycles. The lowest BCUT2D eigenvalue weighted by Gasteiger charge is -2.33. The number of rotatable bonds is 15. The molecule has 14 heteroatoms. The van der Waals surface area contributed by atoms with Crippen LogP contribution in [0.2, 0.25) is 10.0 Å². The fraction of sp³-hybridized carbons (Fsp3) is 0.516. The van der Waals surface area contributed by atoms with Gasteiger partial charge in [0.2, 0.25) is 0 Å². The van der Waals surface area contributed by atoms with E-state index in [9.17, 15) is 17.6 Å². The standard InChI is InChI=1S/C31H39Cl2FN4O6S/c1-4-5-6-7-8-9-16-45(40,41)44-20(2)31(39)38-14-12-21(13-15-38)43-27-17-22-25(18-26(27)42-3)35-19-36-30(22)37-24-11-10-23(32)28(33)29(24)34/h10-11,17-21H,4-9,12-16H2,1-3H3,(H,35,36,37)/t20-/m1/s1. The molecule has 2 heterocycles. The zero-order chi connectivity index (χ0) is 32.6. The number of likely N-dealkylation sites (tertiary alicyclic amines) is 1. The van der Waals surface area contributed by atoms with Gasteiger partial charge in [0.05, 0.1) is 34.1 Å². The molecule has 0 aliphatic carbocycles. The summed E-state index contributed by atoms with van der Waals surface area (Å²) < 4.78 is 56.7. The minimum absolute atomic E-state index is 0.0909. The molecule has 45 heavy (non-hydrogen) atoms. The predicted octanol–water partition coefficient (Wildman–Crippen LogP) is 7.29. The van der Waals surface area contributed by atoms with E-state index < -0.39 is 22.0 Å². The number of ether oxygens (including phenoxy) is 2. The third kappa shape index (κ3) is 9.31. The van der Waals surface area contributed by atoms with E-state index in [0.717, 1.165) is 32.1 Å². The molecule has 0 unspecified atom stereocenters. The van der Waals surface area contributed by atoms with Gasteiger partial charge in [-0.3, -0.25) is 8.98 Å². The van der Waals surface area contributed by atoms with Crippen molar-refractivity contribution in [2.75, 3.05) is 31.3 Å². The number of amides is 1. The van der Waals surface area contributed by atoms with Gasteiger partial charge in [-0.1, -0.05) is 62.2 Å². The Hall–Kier alpha value is -2.93. The van der Waals surface area contributed by atoms with E-state index in [1.54, 1.807) is 17.0 Å². The van der Waals surface area contributed by atoms with Crippen molar-refractivity contribution >= 4 is 61.6 Å². The van der Waals surface area contributed by atoms with Crippen molar-refractivity contribution in [1.29, 1.82) is 0 Å². The number of carbonyl (C=O) groups excluding carboxylic acids is 1. The molecule has 0 saturated carbocycles. The lowest BCUT2D eigenvalue weighted by Crippen LogP contribution is -2.46. The van der Waals surface area contributed by atoms with E-state index in [1.807, 2.05) is 0 Å². The molecule has 10 nitrogen and oxygen atoms in total. The molecule has 1 N–H and O–H groups in total. The number of aromatic nitrogens is 2. The van der Waals surface area contributed by atoms with Crippen LogP contribution in [-0.2, 0) is 19.1 Å². The molecule has 0 radical (unpaired) electrons. The zero-order valence-corrected chi connectivity index (χ0v) is 28.0. The summed E-state index contributed by atoms with van der Waals surface area (Å²) in [6, 6.07) is 6.36. The number of benzene rings is 2. The van der Waals surface area contributed by atoms with Crippen molar-refractivity contribution in [1.82, 2.24) is 14.9 Å². The molecule has 1 atom stereocenters. The summed E-state index contributed by atoms with van der Waals surface area (Å²) in [6.07, 6.45) is 6.70. The molecule has 0 spiro atoms. The van der Waals surface area contributed by atoms with Crippen LogP contribution < -0.4 is 14.8 Å². The Labute approximate surface area is 273 Å². The van der Waals surface area contributed by atoms with Crippen LogP contribution in [0.3, 0.4) is 0 Å². The minimum atomic E-state index is -3.80. The fourth-order valence-corrected chi connectivity index (χ4v) is 6.65. The first-order chi connectivity index (χ1) is 21.5. The lowest BCUT2D eigenvalue weighted by molar-refractivity contribution is -0.139. The zero-order valence-electron chi connectivity index (χ0n) is 25.7. The number of methoxy groups -OCH3 is 1. The monoisotopic (exact) mass is 684 g/mol. The average molecular weight is 686 g/mol. The number of unbranched alkanes of at least 4 members (excludes halogenated alkanes) is 5. The third-order valence-electron chi connectivity index (χ3n) is 7.64. The van der Waals surface area contributed by atoms with Crippen molar-refractivity contribution < 1.29 is 31.3 Å². The number of fused-ring (bicyclic) bond motifs is 1. The molecule has 2 aromatic carbocycles. The van der Waals surface area contributed by atoms with Crippen LogP contribution in [0.4, 0.5) is 15.9 Å². The molecule has 1 fully saturated rings. The molecule has 4 rings (SSSR count). The van der Waals surface area contributed by atoms with Gasteiger partial charge < -0.3 is 19.7 Å². The summed E-state index contributed by atoms with van der Waals surface area (Å²) in [6.45, 7) is 4.35. The van der Waals surface area contributed by atoms with E-state index in [0.29, 0.717) is 60.6 Å². The molecule has 246 valence electrons. The number of piperidine rings is 1. The van der Waals surface area contributed by atoms with E-state index in [-0.39, 0.29) is 33.5 Å². The fourth-order valence-electron chi connectivity index (χ4n) is 5.16. The summed E-state index contributed by atoms with van der Waals surface area (Å²) >= 11 is 11.9. The van der Waals surface area contributed by atoms with E-state index in [2.05, 4.69) is 22.2 Å². The Bertz CT molecular complexity index is 1590. The van der Waals surface area contributed by atoms with Crippen LogP contribution in [0.1, 0.15) is 65.2 Å². The highest BCUT2D eigenvalue weighted by molar-refractivity contribution is 7.86. The predicted molar refractivity (Wildman–Crippen MR) is 174 cm³/mol. The second kappa shape index (κ2) is 16.1. The molecule has 3 aromatic rings.